The van der Waals surface area contributed by atoms with E-state index in [2.05, 4.69) is 10.3 Å². The molecule has 2 aromatic carbocycles. The van der Waals surface area contributed by atoms with Crippen molar-refractivity contribution in [3.8, 4) is 0 Å². The minimum absolute atomic E-state index is 0.0146. The first-order chi connectivity index (χ1) is 11.5. The van der Waals surface area contributed by atoms with E-state index in [4.69, 9.17) is 0 Å². The van der Waals surface area contributed by atoms with Crippen LogP contribution in [0.25, 0.3) is 6.08 Å². The molecule has 1 heterocycles. The minimum atomic E-state index is -0.485. The van der Waals surface area contributed by atoms with E-state index >= 15 is 0 Å². The maximum absolute atomic E-state index is 12.9. The van der Waals surface area contributed by atoms with Crippen LogP contribution in [-0.2, 0) is 4.79 Å². The summed E-state index contributed by atoms with van der Waals surface area (Å²) in [7, 11) is 0. The summed E-state index contributed by atoms with van der Waals surface area (Å²) in [4.78, 5) is 26.8. The van der Waals surface area contributed by atoms with E-state index in [-0.39, 0.29) is 17.4 Å². The molecule has 0 bridgehead atoms. The van der Waals surface area contributed by atoms with Crippen molar-refractivity contribution in [2.45, 2.75) is 0 Å². The predicted molar refractivity (Wildman–Crippen MR) is 90.3 cm³/mol. The standard InChI is InChI=1S/C16H10FN3O3S/c17-11-3-5-12(6-4-11)18-16-19-15(21)14(24-16)9-10-1-7-13(8-2-10)20(22)23/h1-9H,(H,18,19,21)/b14-9-. The molecular formula is C16H10FN3O3S. The van der Waals surface area contributed by atoms with Gasteiger partial charge in [-0.25, -0.2) is 9.38 Å². The lowest BCUT2D eigenvalue weighted by atomic mass is 10.2. The zero-order valence-electron chi connectivity index (χ0n) is 12.1. The largest absolute Gasteiger partial charge is 0.300 e. The quantitative estimate of drug-likeness (QED) is 0.524. The van der Waals surface area contributed by atoms with Crippen molar-refractivity contribution in [1.82, 2.24) is 5.32 Å². The Hall–Kier alpha value is -3.00. The molecule has 0 saturated carbocycles. The fourth-order valence-corrected chi connectivity index (χ4v) is 2.80. The average molecular weight is 343 g/mol. The number of hydrogen-bond donors (Lipinski definition) is 1. The molecule has 120 valence electrons. The highest BCUT2D eigenvalue weighted by Crippen LogP contribution is 2.28. The Morgan fingerprint density at radius 3 is 2.42 bits per heavy atom. The number of nitrogens with zero attached hydrogens (tertiary/aromatic N) is 2. The monoisotopic (exact) mass is 343 g/mol. The average Bonchev–Trinajstić information content (AvgIpc) is 2.89. The van der Waals surface area contributed by atoms with Gasteiger partial charge in [-0.2, -0.15) is 0 Å². The Labute approximate surface area is 140 Å². The van der Waals surface area contributed by atoms with Gasteiger partial charge in [0, 0.05) is 12.1 Å². The van der Waals surface area contributed by atoms with Gasteiger partial charge in [0.15, 0.2) is 5.17 Å². The van der Waals surface area contributed by atoms with Crippen molar-refractivity contribution < 1.29 is 14.1 Å². The van der Waals surface area contributed by atoms with Gasteiger partial charge in [0.2, 0.25) is 0 Å². The number of carbonyl (C=O) groups excluding carboxylic acids is 1. The first kappa shape index (κ1) is 15.9. The minimum Gasteiger partial charge on any atom is -0.300 e. The summed E-state index contributed by atoms with van der Waals surface area (Å²) in [5, 5.41) is 13.6. The fourth-order valence-electron chi connectivity index (χ4n) is 1.96. The smallest absolute Gasteiger partial charge is 0.269 e. The van der Waals surface area contributed by atoms with Crippen molar-refractivity contribution in [2.24, 2.45) is 4.99 Å². The van der Waals surface area contributed by atoms with Crippen LogP contribution in [0.3, 0.4) is 0 Å². The van der Waals surface area contributed by atoms with Crippen molar-refractivity contribution in [3.05, 3.63) is 74.9 Å². The van der Waals surface area contributed by atoms with Crippen LogP contribution in [0.4, 0.5) is 15.8 Å². The van der Waals surface area contributed by atoms with Crippen molar-refractivity contribution in [1.29, 1.82) is 0 Å². The number of benzene rings is 2. The van der Waals surface area contributed by atoms with Crippen LogP contribution in [0, 0.1) is 15.9 Å². The summed E-state index contributed by atoms with van der Waals surface area (Å²) in [6.07, 6.45) is 1.62. The van der Waals surface area contributed by atoms with Crippen LogP contribution in [0.15, 0.2) is 58.4 Å². The summed E-state index contributed by atoms with van der Waals surface area (Å²) in [6, 6.07) is 11.5. The normalized spacial score (nSPS) is 17.3. The number of amidine groups is 1. The van der Waals surface area contributed by atoms with Gasteiger partial charge in [0.05, 0.1) is 15.5 Å². The maximum atomic E-state index is 12.9. The maximum Gasteiger partial charge on any atom is 0.269 e. The third-order valence-electron chi connectivity index (χ3n) is 3.11. The van der Waals surface area contributed by atoms with Gasteiger partial charge in [0.25, 0.3) is 11.6 Å². The van der Waals surface area contributed by atoms with Gasteiger partial charge in [-0.3, -0.25) is 14.9 Å². The summed E-state index contributed by atoms with van der Waals surface area (Å²) >= 11 is 1.15. The molecule has 0 atom stereocenters. The lowest BCUT2D eigenvalue weighted by Gasteiger charge is -1.96. The van der Waals surface area contributed by atoms with E-state index in [0.717, 1.165) is 11.8 Å². The number of non-ortho nitro benzene ring substituents is 1. The number of carbonyl (C=O) groups is 1. The molecule has 1 aliphatic rings. The number of thioether (sulfide) groups is 1. The predicted octanol–water partition coefficient (Wildman–Crippen LogP) is 3.63. The molecule has 1 amide bonds. The van der Waals surface area contributed by atoms with E-state index in [1.165, 1.54) is 36.4 Å². The van der Waals surface area contributed by atoms with Crippen molar-refractivity contribution in [2.75, 3.05) is 0 Å². The van der Waals surface area contributed by atoms with Crippen LogP contribution >= 0.6 is 11.8 Å². The van der Waals surface area contributed by atoms with Crippen LogP contribution in [-0.4, -0.2) is 16.0 Å². The second kappa shape index (κ2) is 6.63. The van der Waals surface area contributed by atoms with Crippen LogP contribution in [0.5, 0.6) is 0 Å². The molecule has 0 radical (unpaired) electrons. The first-order valence-electron chi connectivity index (χ1n) is 6.81. The number of nitrogens with one attached hydrogen (secondary N) is 1. The SMILES string of the molecule is O=C1NC(=Nc2ccc(F)cc2)S/C1=C\c1ccc([N+](=O)[O-])cc1. The van der Waals surface area contributed by atoms with Gasteiger partial charge < -0.3 is 5.32 Å². The van der Waals surface area contributed by atoms with E-state index < -0.39 is 4.92 Å². The molecule has 0 spiro atoms. The number of nitro benzene ring substituents is 1. The van der Waals surface area contributed by atoms with Crippen molar-refractivity contribution >= 4 is 40.3 Å². The lowest BCUT2D eigenvalue weighted by Crippen LogP contribution is -2.19. The number of halogens is 1. The highest BCUT2D eigenvalue weighted by Gasteiger charge is 2.23. The van der Waals surface area contributed by atoms with Gasteiger partial charge in [-0.15, -0.1) is 0 Å². The third kappa shape index (κ3) is 3.66. The highest BCUT2D eigenvalue weighted by molar-refractivity contribution is 8.18. The van der Waals surface area contributed by atoms with Gasteiger partial charge in [-0.1, -0.05) is 0 Å². The molecule has 1 fully saturated rings. The molecule has 1 aliphatic heterocycles. The number of amides is 1. The summed E-state index contributed by atoms with van der Waals surface area (Å²) in [5.41, 5.74) is 1.18. The van der Waals surface area contributed by atoms with Gasteiger partial charge in [-0.05, 0) is 59.8 Å². The van der Waals surface area contributed by atoms with Crippen molar-refractivity contribution in [3.63, 3.8) is 0 Å². The molecule has 3 rings (SSSR count). The second-order valence-electron chi connectivity index (χ2n) is 4.81. The Morgan fingerprint density at radius 1 is 1.12 bits per heavy atom. The van der Waals surface area contributed by atoms with Crippen LogP contribution in [0.1, 0.15) is 5.56 Å². The van der Waals surface area contributed by atoms with Gasteiger partial charge >= 0.3 is 0 Å². The molecular weight excluding hydrogens is 333 g/mol. The van der Waals surface area contributed by atoms with Gasteiger partial charge in [0.1, 0.15) is 5.82 Å². The molecule has 0 aliphatic carbocycles. The molecule has 8 heteroatoms. The number of nitro groups is 1. The molecule has 1 N–H and O–H groups in total. The Kier molecular flexibility index (Phi) is 4.39. The Bertz CT molecular complexity index is 861. The van der Waals surface area contributed by atoms with E-state index in [1.807, 2.05) is 0 Å². The second-order valence-corrected chi connectivity index (χ2v) is 5.84. The molecule has 2 aromatic rings. The Morgan fingerprint density at radius 2 is 1.79 bits per heavy atom. The number of rotatable bonds is 3. The van der Waals surface area contributed by atoms with E-state index in [9.17, 15) is 19.3 Å². The molecule has 0 unspecified atom stereocenters. The molecule has 0 aromatic heterocycles. The Balaban J connectivity index is 1.79. The van der Waals surface area contributed by atoms with E-state index in [0.29, 0.717) is 21.3 Å². The molecule has 6 nitrogen and oxygen atoms in total. The van der Waals surface area contributed by atoms with Crippen LogP contribution in [0.2, 0.25) is 0 Å². The first-order valence-corrected chi connectivity index (χ1v) is 7.62. The zero-order valence-corrected chi connectivity index (χ0v) is 12.9. The summed E-state index contributed by atoms with van der Waals surface area (Å²) in [5.74, 6) is -0.667. The summed E-state index contributed by atoms with van der Waals surface area (Å²) < 4.78 is 12.9. The van der Waals surface area contributed by atoms with Crippen LogP contribution < -0.4 is 5.32 Å². The zero-order chi connectivity index (χ0) is 17.1. The molecule has 24 heavy (non-hydrogen) atoms. The number of aliphatic imine (C=N–C) groups is 1. The fraction of sp³-hybridized carbons (Fsp3) is 0. The number of hydrogen-bond acceptors (Lipinski definition) is 5. The molecule has 1 saturated heterocycles. The third-order valence-corrected chi connectivity index (χ3v) is 4.02. The highest BCUT2D eigenvalue weighted by atomic mass is 32.2. The lowest BCUT2D eigenvalue weighted by molar-refractivity contribution is -0.384. The topological polar surface area (TPSA) is 84.6 Å². The summed E-state index contributed by atoms with van der Waals surface area (Å²) in [6.45, 7) is 0. The van der Waals surface area contributed by atoms with E-state index in [1.54, 1.807) is 18.2 Å².